The van der Waals surface area contributed by atoms with Crippen LogP contribution in [0.3, 0.4) is 0 Å². The topological polar surface area (TPSA) is 40.5 Å². The fourth-order valence-electron chi connectivity index (χ4n) is 2.16. The van der Waals surface area contributed by atoms with Crippen molar-refractivity contribution in [1.82, 2.24) is 0 Å². The molecule has 2 rings (SSSR count). The van der Waals surface area contributed by atoms with Crippen molar-refractivity contribution in [2.24, 2.45) is 0 Å². The Labute approximate surface area is 112 Å². The second-order valence-electron chi connectivity index (χ2n) is 4.38. The van der Waals surface area contributed by atoms with Crippen molar-refractivity contribution in [3.63, 3.8) is 0 Å². The van der Waals surface area contributed by atoms with Crippen LogP contribution in [-0.4, -0.2) is 24.2 Å². The summed E-state index contributed by atoms with van der Waals surface area (Å²) in [7, 11) is 0. The molecule has 1 aliphatic rings. The number of aliphatic carboxylic acids is 1. The molecule has 3 nitrogen and oxygen atoms in total. The number of nitrogens with zero attached hydrogens (tertiary/aromatic N) is 1. The highest BCUT2D eigenvalue weighted by molar-refractivity contribution is 5.85. The Balaban J connectivity index is 2.55. The molecular formula is C13H11F4NO2. The van der Waals surface area contributed by atoms with E-state index in [1.54, 1.807) is 0 Å². The van der Waals surface area contributed by atoms with Crippen LogP contribution in [0.1, 0.15) is 18.4 Å². The number of halogens is 4. The van der Waals surface area contributed by atoms with E-state index < -0.39 is 40.5 Å². The molecule has 1 aromatic carbocycles. The fourth-order valence-corrected chi connectivity index (χ4v) is 2.16. The standard InChI is InChI=1S/C13H11F4NO2/c14-9-7(3-4-8(19)20)10(15)12(17)13(11(9)16)18-5-1-2-6-18/h3-4H,1-2,5-6H2,(H,19,20). The van der Waals surface area contributed by atoms with E-state index in [0.717, 1.165) is 0 Å². The van der Waals surface area contributed by atoms with Gasteiger partial charge in [-0.1, -0.05) is 0 Å². The minimum absolute atomic E-state index is 0.316. The van der Waals surface area contributed by atoms with E-state index in [9.17, 15) is 22.4 Å². The van der Waals surface area contributed by atoms with Crippen LogP contribution in [0.2, 0.25) is 0 Å². The van der Waals surface area contributed by atoms with Crippen molar-refractivity contribution in [3.05, 3.63) is 34.9 Å². The lowest BCUT2D eigenvalue weighted by Gasteiger charge is -2.20. The van der Waals surface area contributed by atoms with Crippen molar-refractivity contribution in [3.8, 4) is 0 Å². The van der Waals surface area contributed by atoms with Gasteiger partial charge in [-0.15, -0.1) is 0 Å². The molecule has 0 aromatic heterocycles. The van der Waals surface area contributed by atoms with Gasteiger partial charge in [0.1, 0.15) is 5.69 Å². The van der Waals surface area contributed by atoms with Gasteiger partial charge >= 0.3 is 5.97 Å². The molecule has 1 saturated heterocycles. The monoisotopic (exact) mass is 289 g/mol. The first-order valence-electron chi connectivity index (χ1n) is 5.95. The highest BCUT2D eigenvalue weighted by atomic mass is 19.2. The van der Waals surface area contributed by atoms with Crippen LogP contribution >= 0.6 is 0 Å². The molecule has 108 valence electrons. The van der Waals surface area contributed by atoms with Crippen LogP contribution in [0.4, 0.5) is 23.2 Å². The third-order valence-electron chi connectivity index (χ3n) is 3.09. The molecule has 20 heavy (non-hydrogen) atoms. The van der Waals surface area contributed by atoms with E-state index in [2.05, 4.69) is 0 Å². The molecule has 0 aliphatic carbocycles. The summed E-state index contributed by atoms with van der Waals surface area (Å²) < 4.78 is 55.3. The Kier molecular flexibility index (Phi) is 3.96. The second-order valence-corrected chi connectivity index (χ2v) is 4.38. The molecule has 0 bridgehead atoms. The van der Waals surface area contributed by atoms with Gasteiger partial charge in [-0.3, -0.25) is 0 Å². The largest absolute Gasteiger partial charge is 0.478 e. The maximum atomic E-state index is 13.9. The summed E-state index contributed by atoms with van der Waals surface area (Å²) in [6.07, 6.45) is 2.27. The molecule has 0 unspecified atom stereocenters. The van der Waals surface area contributed by atoms with Crippen LogP contribution < -0.4 is 4.90 Å². The quantitative estimate of drug-likeness (QED) is 0.528. The summed E-state index contributed by atoms with van der Waals surface area (Å²) in [6.45, 7) is 0.633. The average Bonchev–Trinajstić information content (AvgIpc) is 2.90. The molecular weight excluding hydrogens is 278 g/mol. The van der Waals surface area contributed by atoms with E-state index in [-0.39, 0.29) is 0 Å². The van der Waals surface area contributed by atoms with Crippen molar-refractivity contribution in [2.75, 3.05) is 18.0 Å². The minimum atomic E-state index is -1.59. The number of anilines is 1. The van der Waals surface area contributed by atoms with Crippen LogP contribution in [0, 0.1) is 23.3 Å². The van der Waals surface area contributed by atoms with Crippen molar-refractivity contribution >= 4 is 17.7 Å². The van der Waals surface area contributed by atoms with E-state index in [1.165, 1.54) is 4.90 Å². The summed E-state index contributed by atoms with van der Waals surface area (Å²) in [5, 5.41) is 8.39. The predicted octanol–water partition coefficient (Wildman–Crippen LogP) is 2.94. The molecule has 0 amide bonds. The Morgan fingerprint density at radius 1 is 1.00 bits per heavy atom. The maximum Gasteiger partial charge on any atom is 0.328 e. The summed E-state index contributed by atoms with van der Waals surface area (Å²) in [4.78, 5) is 11.6. The van der Waals surface area contributed by atoms with Crippen LogP contribution in [0.25, 0.3) is 6.08 Å². The van der Waals surface area contributed by atoms with E-state index in [1.807, 2.05) is 0 Å². The first-order chi connectivity index (χ1) is 9.43. The molecule has 7 heteroatoms. The first-order valence-corrected chi connectivity index (χ1v) is 5.95. The Morgan fingerprint density at radius 3 is 1.95 bits per heavy atom. The number of hydrogen-bond donors (Lipinski definition) is 1. The average molecular weight is 289 g/mol. The summed E-state index contributed by atoms with van der Waals surface area (Å²) in [5.74, 6) is -7.67. The number of hydrogen-bond acceptors (Lipinski definition) is 2. The lowest BCUT2D eigenvalue weighted by Crippen LogP contribution is -2.22. The Morgan fingerprint density at radius 2 is 1.50 bits per heavy atom. The SMILES string of the molecule is O=C(O)C=Cc1c(F)c(F)c(N2CCCC2)c(F)c1F. The van der Waals surface area contributed by atoms with Gasteiger partial charge in [0.05, 0.1) is 5.56 Å². The first kappa shape index (κ1) is 14.4. The Hall–Kier alpha value is -2.05. The van der Waals surface area contributed by atoms with Gasteiger partial charge in [0, 0.05) is 19.2 Å². The number of carboxylic acid groups (broad SMARTS) is 1. The molecule has 0 spiro atoms. The molecule has 1 aromatic rings. The molecule has 1 heterocycles. The normalized spacial score (nSPS) is 15.3. The van der Waals surface area contributed by atoms with Gasteiger partial charge in [0.2, 0.25) is 0 Å². The van der Waals surface area contributed by atoms with E-state index in [4.69, 9.17) is 5.11 Å². The van der Waals surface area contributed by atoms with Gasteiger partial charge in [-0.05, 0) is 18.9 Å². The second kappa shape index (κ2) is 5.52. The van der Waals surface area contributed by atoms with Gasteiger partial charge in [-0.25, -0.2) is 22.4 Å². The Bertz CT molecular complexity index is 551. The smallest absolute Gasteiger partial charge is 0.328 e. The summed E-state index contributed by atoms with van der Waals surface area (Å²) in [5.41, 5.74) is -1.77. The van der Waals surface area contributed by atoms with Crippen molar-refractivity contribution < 1.29 is 27.5 Å². The van der Waals surface area contributed by atoms with Crippen LogP contribution in [0.15, 0.2) is 6.08 Å². The number of carboxylic acids is 1. The zero-order valence-corrected chi connectivity index (χ0v) is 10.3. The van der Waals surface area contributed by atoms with E-state index in [0.29, 0.717) is 38.1 Å². The molecule has 1 fully saturated rings. The van der Waals surface area contributed by atoms with Crippen LogP contribution in [-0.2, 0) is 4.79 Å². The number of carbonyl (C=O) groups is 1. The number of rotatable bonds is 3. The van der Waals surface area contributed by atoms with Gasteiger partial charge < -0.3 is 10.0 Å². The lowest BCUT2D eigenvalue weighted by atomic mass is 10.1. The molecule has 0 atom stereocenters. The number of benzene rings is 1. The molecule has 0 radical (unpaired) electrons. The fraction of sp³-hybridized carbons (Fsp3) is 0.308. The van der Waals surface area contributed by atoms with Crippen LogP contribution in [0.5, 0.6) is 0 Å². The predicted molar refractivity (Wildman–Crippen MR) is 64.4 cm³/mol. The summed E-state index contributed by atoms with van der Waals surface area (Å²) in [6, 6.07) is 0. The highest BCUT2D eigenvalue weighted by Gasteiger charge is 2.28. The molecule has 0 saturated carbocycles. The van der Waals surface area contributed by atoms with E-state index >= 15 is 0 Å². The van der Waals surface area contributed by atoms with Gasteiger partial charge in [0.25, 0.3) is 0 Å². The zero-order chi connectivity index (χ0) is 14.9. The third kappa shape index (κ3) is 2.48. The lowest BCUT2D eigenvalue weighted by molar-refractivity contribution is -0.131. The third-order valence-corrected chi connectivity index (χ3v) is 3.09. The summed E-state index contributed by atoms with van der Waals surface area (Å²) >= 11 is 0. The van der Waals surface area contributed by atoms with Gasteiger partial charge in [0.15, 0.2) is 23.3 Å². The van der Waals surface area contributed by atoms with Crippen molar-refractivity contribution in [2.45, 2.75) is 12.8 Å². The highest BCUT2D eigenvalue weighted by Crippen LogP contribution is 2.33. The van der Waals surface area contributed by atoms with Crippen molar-refractivity contribution in [1.29, 1.82) is 0 Å². The maximum absolute atomic E-state index is 13.9. The van der Waals surface area contributed by atoms with Gasteiger partial charge in [-0.2, -0.15) is 0 Å². The molecule has 1 aliphatic heterocycles. The zero-order valence-electron chi connectivity index (χ0n) is 10.3. The minimum Gasteiger partial charge on any atom is -0.478 e. The molecule has 1 N–H and O–H groups in total.